The van der Waals surface area contributed by atoms with Gasteiger partial charge in [0.2, 0.25) is 0 Å². The van der Waals surface area contributed by atoms with Gasteiger partial charge in [0, 0.05) is 22.7 Å². The summed E-state index contributed by atoms with van der Waals surface area (Å²) in [5.41, 5.74) is 4.27. The molecule has 0 spiro atoms. The van der Waals surface area contributed by atoms with Crippen LogP contribution in [0.1, 0.15) is 16.1 Å². The molecule has 0 fully saturated rings. The number of methoxy groups -OCH3 is 1. The fourth-order valence-electron chi connectivity index (χ4n) is 2.91. The fourth-order valence-corrected chi connectivity index (χ4v) is 2.91. The minimum Gasteiger partial charge on any atom is -0.497 e. The van der Waals surface area contributed by atoms with Gasteiger partial charge in [0.05, 0.1) is 12.8 Å². The van der Waals surface area contributed by atoms with Gasteiger partial charge >= 0.3 is 0 Å². The summed E-state index contributed by atoms with van der Waals surface area (Å²) in [6.45, 7) is 2.03. The Labute approximate surface area is 132 Å². The molecule has 0 saturated carbocycles. The van der Waals surface area contributed by atoms with Gasteiger partial charge in [0.1, 0.15) is 17.1 Å². The molecule has 0 atom stereocenters. The molecular formula is C19H15NO3. The van der Waals surface area contributed by atoms with Crippen molar-refractivity contribution in [2.45, 2.75) is 6.92 Å². The van der Waals surface area contributed by atoms with E-state index in [4.69, 9.17) is 9.15 Å². The van der Waals surface area contributed by atoms with E-state index in [2.05, 4.69) is 0 Å². The van der Waals surface area contributed by atoms with E-state index in [1.54, 1.807) is 7.11 Å². The standard InChI is InChI=1S/C19H15NO3/c1-12-5-6-20-14(7-12)10-16(17(20)11-21)19-9-13-8-15(22-2)3-4-18(13)23-19/h3-11H,1-2H3. The van der Waals surface area contributed by atoms with Gasteiger partial charge in [0.25, 0.3) is 0 Å². The minimum absolute atomic E-state index is 0.589. The molecule has 0 unspecified atom stereocenters. The first kappa shape index (κ1) is 13.6. The van der Waals surface area contributed by atoms with E-state index in [1.807, 2.05) is 60.0 Å². The highest BCUT2D eigenvalue weighted by molar-refractivity contribution is 5.92. The topological polar surface area (TPSA) is 43.9 Å². The molecule has 114 valence electrons. The van der Waals surface area contributed by atoms with E-state index in [1.165, 1.54) is 0 Å². The van der Waals surface area contributed by atoms with E-state index >= 15 is 0 Å². The van der Waals surface area contributed by atoms with Gasteiger partial charge < -0.3 is 13.6 Å². The van der Waals surface area contributed by atoms with E-state index < -0.39 is 0 Å². The molecule has 23 heavy (non-hydrogen) atoms. The number of furan rings is 1. The highest BCUT2D eigenvalue weighted by Gasteiger charge is 2.15. The minimum atomic E-state index is 0.589. The number of hydrogen-bond acceptors (Lipinski definition) is 3. The highest BCUT2D eigenvalue weighted by Crippen LogP contribution is 2.33. The van der Waals surface area contributed by atoms with Gasteiger partial charge in [-0.05, 0) is 55.0 Å². The predicted molar refractivity (Wildman–Crippen MR) is 89.3 cm³/mol. The first-order valence-electron chi connectivity index (χ1n) is 7.34. The third-order valence-corrected chi connectivity index (χ3v) is 4.07. The van der Waals surface area contributed by atoms with Crippen molar-refractivity contribution in [2.75, 3.05) is 7.11 Å². The van der Waals surface area contributed by atoms with Gasteiger partial charge in [0.15, 0.2) is 6.29 Å². The lowest BCUT2D eigenvalue weighted by atomic mass is 10.1. The second-order valence-electron chi connectivity index (χ2n) is 5.57. The molecule has 0 aliphatic rings. The highest BCUT2D eigenvalue weighted by atomic mass is 16.5. The summed E-state index contributed by atoms with van der Waals surface area (Å²) in [7, 11) is 1.63. The van der Waals surface area contributed by atoms with Crippen molar-refractivity contribution in [1.29, 1.82) is 0 Å². The summed E-state index contributed by atoms with van der Waals surface area (Å²) in [4.78, 5) is 11.6. The van der Waals surface area contributed by atoms with Crippen LogP contribution < -0.4 is 4.74 Å². The number of pyridine rings is 1. The number of rotatable bonds is 3. The quantitative estimate of drug-likeness (QED) is 0.524. The van der Waals surface area contributed by atoms with Gasteiger partial charge in [-0.3, -0.25) is 4.79 Å². The van der Waals surface area contributed by atoms with Gasteiger partial charge in [-0.25, -0.2) is 0 Å². The average molecular weight is 305 g/mol. The summed E-state index contributed by atoms with van der Waals surface area (Å²) in [6.07, 6.45) is 2.77. The summed E-state index contributed by atoms with van der Waals surface area (Å²) < 4.78 is 13.0. The number of aryl methyl sites for hydroxylation is 1. The number of carbonyl (C=O) groups is 1. The predicted octanol–water partition coefficient (Wildman–Crippen LogP) is 4.48. The number of fused-ring (bicyclic) bond motifs is 2. The molecule has 4 heteroatoms. The number of benzene rings is 1. The Bertz CT molecular complexity index is 1040. The molecule has 3 aromatic heterocycles. The van der Waals surface area contributed by atoms with Gasteiger partial charge in [-0.2, -0.15) is 0 Å². The normalized spacial score (nSPS) is 11.2. The number of nitrogens with zero attached hydrogens (tertiary/aromatic N) is 1. The first-order valence-corrected chi connectivity index (χ1v) is 7.34. The Morgan fingerprint density at radius 2 is 2.00 bits per heavy atom. The molecule has 0 aliphatic carbocycles. The van der Waals surface area contributed by atoms with Crippen LogP contribution in [-0.4, -0.2) is 17.8 Å². The van der Waals surface area contributed by atoms with Crippen molar-refractivity contribution < 1.29 is 13.9 Å². The Morgan fingerprint density at radius 3 is 2.78 bits per heavy atom. The molecular weight excluding hydrogens is 290 g/mol. The summed E-state index contributed by atoms with van der Waals surface area (Å²) >= 11 is 0. The van der Waals surface area contributed by atoms with Crippen molar-refractivity contribution in [3.05, 3.63) is 59.9 Å². The molecule has 0 N–H and O–H groups in total. The van der Waals surface area contributed by atoms with Gasteiger partial charge in [-0.15, -0.1) is 0 Å². The van der Waals surface area contributed by atoms with Crippen LogP contribution in [-0.2, 0) is 0 Å². The van der Waals surface area contributed by atoms with Crippen molar-refractivity contribution in [2.24, 2.45) is 0 Å². The second kappa shape index (κ2) is 5.02. The van der Waals surface area contributed by atoms with Crippen molar-refractivity contribution >= 4 is 22.8 Å². The van der Waals surface area contributed by atoms with Crippen LogP contribution in [0.4, 0.5) is 0 Å². The lowest BCUT2D eigenvalue weighted by Crippen LogP contribution is -1.91. The number of aldehydes is 1. The van der Waals surface area contributed by atoms with Gasteiger partial charge in [-0.1, -0.05) is 0 Å². The number of aromatic nitrogens is 1. The van der Waals surface area contributed by atoms with E-state index in [-0.39, 0.29) is 0 Å². The zero-order valence-corrected chi connectivity index (χ0v) is 12.9. The van der Waals surface area contributed by atoms with Crippen molar-refractivity contribution in [3.8, 4) is 17.1 Å². The van der Waals surface area contributed by atoms with Crippen LogP contribution in [0.2, 0.25) is 0 Å². The summed E-state index contributed by atoms with van der Waals surface area (Å²) in [5, 5.41) is 0.947. The second-order valence-corrected chi connectivity index (χ2v) is 5.57. The zero-order chi connectivity index (χ0) is 16.0. The van der Waals surface area contributed by atoms with E-state index in [9.17, 15) is 4.79 Å². The maximum absolute atomic E-state index is 11.6. The lowest BCUT2D eigenvalue weighted by molar-refractivity contribution is 0.111. The Balaban J connectivity index is 1.96. The molecule has 4 rings (SSSR count). The zero-order valence-electron chi connectivity index (χ0n) is 12.9. The van der Waals surface area contributed by atoms with Crippen LogP contribution in [0.5, 0.6) is 5.75 Å². The monoisotopic (exact) mass is 305 g/mol. The first-order chi connectivity index (χ1) is 11.2. The SMILES string of the molecule is COc1ccc2oc(-c3cc4cc(C)ccn4c3C=O)cc2c1. The molecule has 0 amide bonds. The fraction of sp³-hybridized carbons (Fsp3) is 0.105. The maximum atomic E-state index is 11.6. The summed E-state index contributed by atoms with van der Waals surface area (Å²) in [5.74, 6) is 1.45. The number of carbonyl (C=O) groups excluding carboxylic acids is 1. The Kier molecular flexibility index (Phi) is 2.98. The molecule has 0 aliphatic heterocycles. The molecule has 4 aromatic rings. The summed E-state index contributed by atoms with van der Waals surface area (Å²) in [6, 6.07) is 13.6. The third-order valence-electron chi connectivity index (χ3n) is 4.07. The molecule has 0 saturated heterocycles. The third kappa shape index (κ3) is 2.11. The van der Waals surface area contributed by atoms with Crippen LogP contribution in [0.15, 0.2) is 53.1 Å². The molecule has 3 heterocycles. The smallest absolute Gasteiger partial charge is 0.167 e. The average Bonchev–Trinajstić information content (AvgIpc) is 3.13. The lowest BCUT2D eigenvalue weighted by Gasteiger charge is -1.98. The van der Waals surface area contributed by atoms with Crippen LogP contribution >= 0.6 is 0 Å². The number of ether oxygens (including phenoxy) is 1. The largest absolute Gasteiger partial charge is 0.497 e. The van der Waals surface area contributed by atoms with Crippen LogP contribution in [0, 0.1) is 6.92 Å². The molecule has 1 aromatic carbocycles. The van der Waals surface area contributed by atoms with Crippen molar-refractivity contribution in [1.82, 2.24) is 4.40 Å². The van der Waals surface area contributed by atoms with Crippen LogP contribution in [0.3, 0.4) is 0 Å². The van der Waals surface area contributed by atoms with Crippen molar-refractivity contribution in [3.63, 3.8) is 0 Å². The van der Waals surface area contributed by atoms with E-state index in [0.29, 0.717) is 11.5 Å². The molecule has 0 radical (unpaired) electrons. The van der Waals surface area contributed by atoms with Crippen LogP contribution in [0.25, 0.3) is 27.8 Å². The maximum Gasteiger partial charge on any atom is 0.167 e. The Morgan fingerprint density at radius 1 is 1.13 bits per heavy atom. The number of hydrogen-bond donors (Lipinski definition) is 0. The van der Waals surface area contributed by atoms with E-state index in [0.717, 1.165) is 39.6 Å². The Hall–Kier alpha value is -3.01. The molecule has 0 bridgehead atoms. The molecule has 4 nitrogen and oxygen atoms in total.